The highest BCUT2D eigenvalue weighted by Gasteiger charge is 2.26. The topological polar surface area (TPSA) is 74.3 Å². The van der Waals surface area contributed by atoms with E-state index in [4.69, 9.17) is 13.9 Å². The molecule has 1 aromatic carbocycles. The first kappa shape index (κ1) is 15.3. The Morgan fingerprint density at radius 1 is 1.16 bits per heavy atom. The fourth-order valence-electron chi connectivity index (χ4n) is 2.95. The van der Waals surface area contributed by atoms with E-state index in [0.29, 0.717) is 23.3 Å². The highest BCUT2D eigenvalue weighted by Crippen LogP contribution is 2.36. The van der Waals surface area contributed by atoms with Gasteiger partial charge in [-0.25, -0.2) is 4.68 Å². The lowest BCUT2D eigenvalue weighted by Crippen LogP contribution is -2.20. The van der Waals surface area contributed by atoms with Gasteiger partial charge in [-0.15, -0.1) is 0 Å². The zero-order chi connectivity index (χ0) is 17.4. The second-order valence-corrected chi connectivity index (χ2v) is 5.67. The lowest BCUT2D eigenvalue weighted by Gasteiger charge is -2.24. The summed E-state index contributed by atoms with van der Waals surface area (Å²) in [6.45, 7) is 1.87. The number of anilines is 1. The molecule has 0 amide bonds. The number of ether oxygens (including phenoxy) is 2. The van der Waals surface area contributed by atoms with Crippen LogP contribution >= 0.6 is 0 Å². The summed E-state index contributed by atoms with van der Waals surface area (Å²) in [4.78, 5) is 4.47. The van der Waals surface area contributed by atoms with Gasteiger partial charge in [0, 0.05) is 0 Å². The van der Waals surface area contributed by atoms with Crippen molar-refractivity contribution in [2.75, 3.05) is 19.5 Å². The first-order valence-corrected chi connectivity index (χ1v) is 7.87. The average Bonchev–Trinajstić information content (AvgIpc) is 3.28. The third kappa shape index (κ3) is 2.63. The monoisotopic (exact) mass is 338 g/mol. The quantitative estimate of drug-likeness (QED) is 0.787. The normalized spacial score (nSPS) is 16.0. The van der Waals surface area contributed by atoms with Crippen LogP contribution in [0.5, 0.6) is 11.5 Å². The van der Waals surface area contributed by atoms with Crippen LogP contribution in [0.2, 0.25) is 0 Å². The zero-order valence-electron chi connectivity index (χ0n) is 14.2. The lowest BCUT2D eigenvalue weighted by atomic mass is 10.0. The molecule has 2 aromatic heterocycles. The average molecular weight is 338 g/mol. The fourth-order valence-corrected chi connectivity index (χ4v) is 2.95. The molecule has 7 heteroatoms. The summed E-state index contributed by atoms with van der Waals surface area (Å²) in [6, 6.07) is 9.45. The van der Waals surface area contributed by atoms with Gasteiger partial charge in [0.05, 0.1) is 26.2 Å². The number of rotatable bonds is 4. The first-order valence-electron chi connectivity index (χ1n) is 7.87. The van der Waals surface area contributed by atoms with Crippen LogP contribution in [0.15, 0.2) is 47.1 Å². The lowest BCUT2D eigenvalue weighted by molar-refractivity contribution is 0.354. The summed E-state index contributed by atoms with van der Waals surface area (Å²) in [5.41, 5.74) is 1.86. The molecule has 0 radical (unpaired) electrons. The molecule has 0 bridgehead atoms. The van der Waals surface area contributed by atoms with Gasteiger partial charge in [-0.1, -0.05) is 6.07 Å². The number of methoxy groups -OCH3 is 2. The predicted octanol–water partition coefficient (Wildman–Crippen LogP) is 3.25. The van der Waals surface area contributed by atoms with Crippen molar-refractivity contribution in [3.63, 3.8) is 0 Å². The Morgan fingerprint density at radius 2 is 2.00 bits per heavy atom. The van der Waals surface area contributed by atoms with Crippen LogP contribution in [0.1, 0.15) is 23.2 Å². The predicted molar refractivity (Wildman–Crippen MR) is 92.8 cm³/mol. The SMILES string of the molecule is COc1ccc([C@H]2C=C(c3ccco3)Nc3nc(C)nn32)cc1OC. The number of nitrogens with one attached hydrogen (secondary N) is 1. The first-order chi connectivity index (χ1) is 12.2. The van der Waals surface area contributed by atoms with Crippen molar-refractivity contribution >= 4 is 11.6 Å². The van der Waals surface area contributed by atoms with Crippen LogP contribution in [0.4, 0.5) is 5.95 Å². The van der Waals surface area contributed by atoms with E-state index < -0.39 is 0 Å². The third-order valence-corrected chi connectivity index (χ3v) is 4.11. The third-order valence-electron chi connectivity index (χ3n) is 4.11. The Bertz CT molecular complexity index is 928. The van der Waals surface area contributed by atoms with Crippen LogP contribution < -0.4 is 14.8 Å². The number of nitrogens with zero attached hydrogens (tertiary/aromatic N) is 3. The molecule has 3 aromatic rings. The number of aromatic nitrogens is 3. The Kier molecular flexibility index (Phi) is 3.68. The number of fused-ring (bicyclic) bond motifs is 1. The van der Waals surface area contributed by atoms with Crippen molar-refractivity contribution in [1.29, 1.82) is 0 Å². The van der Waals surface area contributed by atoms with E-state index in [2.05, 4.69) is 21.5 Å². The van der Waals surface area contributed by atoms with Crippen LogP contribution in [0.3, 0.4) is 0 Å². The zero-order valence-corrected chi connectivity index (χ0v) is 14.2. The highest BCUT2D eigenvalue weighted by atomic mass is 16.5. The number of hydrogen-bond donors (Lipinski definition) is 1. The molecule has 128 valence electrons. The minimum atomic E-state index is -0.141. The minimum absolute atomic E-state index is 0.141. The van der Waals surface area contributed by atoms with Crippen LogP contribution in [0.25, 0.3) is 5.70 Å². The van der Waals surface area contributed by atoms with Gasteiger partial charge in [-0.2, -0.15) is 10.1 Å². The molecule has 0 saturated carbocycles. The van der Waals surface area contributed by atoms with Crippen molar-refractivity contribution in [3.8, 4) is 11.5 Å². The fraction of sp³-hybridized carbons (Fsp3) is 0.222. The summed E-state index contributed by atoms with van der Waals surface area (Å²) in [6.07, 6.45) is 3.70. The molecule has 0 saturated heterocycles. The molecule has 1 atom stereocenters. The van der Waals surface area contributed by atoms with E-state index in [9.17, 15) is 0 Å². The Hall–Kier alpha value is -3.22. The molecular formula is C18H18N4O3. The maximum Gasteiger partial charge on any atom is 0.226 e. The second-order valence-electron chi connectivity index (χ2n) is 5.67. The minimum Gasteiger partial charge on any atom is -0.493 e. The molecule has 25 heavy (non-hydrogen) atoms. The molecule has 0 fully saturated rings. The molecule has 0 aliphatic carbocycles. The summed E-state index contributed by atoms with van der Waals surface area (Å²) >= 11 is 0. The van der Waals surface area contributed by atoms with Gasteiger partial charge in [-0.3, -0.25) is 0 Å². The Morgan fingerprint density at radius 3 is 2.72 bits per heavy atom. The van der Waals surface area contributed by atoms with Crippen molar-refractivity contribution in [3.05, 3.63) is 59.8 Å². The van der Waals surface area contributed by atoms with Crippen LogP contribution in [-0.2, 0) is 0 Å². The molecule has 4 rings (SSSR count). The molecule has 1 aliphatic rings. The molecule has 0 spiro atoms. The van der Waals surface area contributed by atoms with E-state index in [1.807, 2.05) is 41.9 Å². The van der Waals surface area contributed by atoms with Crippen molar-refractivity contribution < 1.29 is 13.9 Å². The number of aryl methyl sites for hydroxylation is 1. The largest absolute Gasteiger partial charge is 0.493 e. The van der Waals surface area contributed by atoms with Crippen molar-refractivity contribution in [2.24, 2.45) is 0 Å². The summed E-state index contributed by atoms with van der Waals surface area (Å²) in [7, 11) is 3.25. The molecule has 1 aliphatic heterocycles. The maximum absolute atomic E-state index is 5.53. The second kappa shape index (κ2) is 6.01. The standard InChI is InChI=1S/C18H18N4O3/c1-11-19-18-20-13(15-5-4-8-25-15)10-14(22(18)21-11)12-6-7-16(23-2)17(9-12)24-3/h4-10,14H,1-3H3,(H,19,20,21)/t14-/m1/s1. The van der Waals surface area contributed by atoms with Crippen molar-refractivity contribution in [1.82, 2.24) is 14.8 Å². The van der Waals surface area contributed by atoms with Crippen molar-refractivity contribution in [2.45, 2.75) is 13.0 Å². The van der Waals surface area contributed by atoms with E-state index in [0.717, 1.165) is 17.0 Å². The van der Waals surface area contributed by atoms with Gasteiger partial charge in [0.25, 0.3) is 0 Å². The maximum atomic E-state index is 5.53. The number of furan rings is 1. The molecule has 7 nitrogen and oxygen atoms in total. The van der Waals surface area contributed by atoms with Gasteiger partial charge in [0.2, 0.25) is 5.95 Å². The number of benzene rings is 1. The van der Waals surface area contributed by atoms with Crippen LogP contribution in [0, 0.1) is 6.92 Å². The molecule has 0 unspecified atom stereocenters. The molecule has 3 heterocycles. The van der Waals surface area contributed by atoms with Gasteiger partial charge >= 0.3 is 0 Å². The Labute approximate surface area is 144 Å². The summed E-state index contributed by atoms with van der Waals surface area (Å²) in [5.74, 6) is 3.47. The van der Waals surface area contributed by atoms with E-state index >= 15 is 0 Å². The summed E-state index contributed by atoms with van der Waals surface area (Å²) < 4.78 is 18.1. The number of hydrogen-bond acceptors (Lipinski definition) is 6. The van der Waals surface area contributed by atoms with Gasteiger partial charge in [-0.05, 0) is 42.8 Å². The highest BCUT2D eigenvalue weighted by molar-refractivity contribution is 5.74. The molecular weight excluding hydrogens is 320 g/mol. The van der Waals surface area contributed by atoms with E-state index in [1.165, 1.54) is 0 Å². The van der Waals surface area contributed by atoms with Crippen LogP contribution in [-0.4, -0.2) is 29.0 Å². The molecule has 1 N–H and O–H groups in total. The van der Waals surface area contributed by atoms with Gasteiger partial charge < -0.3 is 19.2 Å². The smallest absolute Gasteiger partial charge is 0.226 e. The summed E-state index contributed by atoms with van der Waals surface area (Å²) in [5, 5.41) is 7.79. The van der Waals surface area contributed by atoms with E-state index in [1.54, 1.807) is 20.5 Å². The van der Waals surface area contributed by atoms with Gasteiger partial charge in [0.15, 0.2) is 11.5 Å². The van der Waals surface area contributed by atoms with Gasteiger partial charge in [0.1, 0.15) is 17.6 Å². The number of allylic oxidation sites excluding steroid dienone is 1. The Balaban J connectivity index is 1.83. The van der Waals surface area contributed by atoms with E-state index in [-0.39, 0.29) is 6.04 Å².